The van der Waals surface area contributed by atoms with Gasteiger partial charge in [0.05, 0.1) is 24.0 Å². The van der Waals surface area contributed by atoms with Crippen molar-refractivity contribution in [3.8, 4) is 0 Å². The molecule has 0 radical (unpaired) electrons. The van der Waals surface area contributed by atoms with Crippen LogP contribution in [0.3, 0.4) is 0 Å². The van der Waals surface area contributed by atoms with Gasteiger partial charge in [0.2, 0.25) is 17.7 Å². The summed E-state index contributed by atoms with van der Waals surface area (Å²) in [5, 5.41) is 67.1. The lowest BCUT2D eigenvalue weighted by Gasteiger charge is -2.27. The van der Waals surface area contributed by atoms with E-state index in [1.54, 1.807) is 0 Å². The van der Waals surface area contributed by atoms with Crippen LogP contribution in [0.15, 0.2) is 0 Å². The molecule has 0 saturated heterocycles. The van der Waals surface area contributed by atoms with Gasteiger partial charge in [-0.05, 0) is 0 Å². The Hall–Kier alpha value is -2.23. The largest absolute Gasteiger partial charge is 0.480 e. The summed E-state index contributed by atoms with van der Waals surface area (Å²) >= 11 is 2.07. The monoisotopic (exact) mass is 602 g/mol. The van der Waals surface area contributed by atoms with E-state index in [4.69, 9.17) is 21.7 Å². The molecule has 0 rings (SSSR count). The molecular weight excluding hydrogens is 564 g/mol. The highest BCUT2D eigenvalue weighted by Gasteiger charge is 2.31. The SMILES string of the molecule is NC(CSCC(=O)NCCNC(=O)C[C@@H](O)[C@@H](O)[C@H](O)C(O)NCCNC(=O)CSCC(N)C(=O)O)C(=O)O. The molecule has 6 atom stereocenters. The molecule has 3 amide bonds. The van der Waals surface area contributed by atoms with Gasteiger partial charge in [-0.15, -0.1) is 23.5 Å². The van der Waals surface area contributed by atoms with Gasteiger partial charge in [-0.2, -0.15) is 0 Å². The first kappa shape index (κ1) is 36.8. The van der Waals surface area contributed by atoms with E-state index in [9.17, 15) is 44.4 Å². The molecule has 0 heterocycles. The van der Waals surface area contributed by atoms with Crippen LogP contribution in [0.4, 0.5) is 0 Å². The lowest BCUT2D eigenvalue weighted by Crippen LogP contribution is -2.52. The zero-order valence-electron chi connectivity index (χ0n) is 21.0. The third-order valence-corrected chi connectivity index (χ3v) is 6.85. The average Bonchev–Trinajstić information content (AvgIpc) is 2.87. The van der Waals surface area contributed by atoms with Gasteiger partial charge in [0.15, 0.2) is 0 Å². The Morgan fingerprint density at radius 3 is 1.49 bits per heavy atom. The second kappa shape index (κ2) is 20.6. The van der Waals surface area contributed by atoms with E-state index < -0.39 is 72.7 Å². The van der Waals surface area contributed by atoms with Crippen LogP contribution in [-0.4, -0.2) is 146 Å². The maximum Gasteiger partial charge on any atom is 0.321 e. The molecule has 39 heavy (non-hydrogen) atoms. The molecule has 0 aliphatic rings. The number of aliphatic hydroxyl groups is 4. The fourth-order valence-electron chi connectivity index (χ4n) is 2.55. The highest BCUT2D eigenvalue weighted by Crippen LogP contribution is 2.07. The summed E-state index contributed by atoms with van der Waals surface area (Å²) in [4.78, 5) is 56.4. The van der Waals surface area contributed by atoms with Crippen LogP contribution < -0.4 is 32.7 Å². The fourth-order valence-corrected chi connectivity index (χ4v) is 4.15. The van der Waals surface area contributed by atoms with Gasteiger partial charge in [-0.3, -0.25) is 29.3 Å². The lowest BCUT2D eigenvalue weighted by atomic mass is 10.0. The second-order valence-corrected chi connectivity index (χ2v) is 10.2. The highest BCUT2D eigenvalue weighted by molar-refractivity contribution is 8.00. The lowest BCUT2D eigenvalue weighted by molar-refractivity contribution is -0.138. The number of carboxylic acids is 2. The highest BCUT2D eigenvalue weighted by atomic mass is 32.2. The molecule has 0 aromatic rings. The van der Waals surface area contributed by atoms with Crippen molar-refractivity contribution in [2.45, 2.75) is 43.0 Å². The Morgan fingerprint density at radius 1 is 0.641 bits per heavy atom. The Labute approximate surface area is 232 Å². The third-order valence-electron chi connectivity index (χ3n) is 4.73. The minimum atomic E-state index is -1.89. The van der Waals surface area contributed by atoms with Crippen LogP contribution in [-0.2, 0) is 24.0 Å². The van der Waals surface area contributed by atoms with Gasteiger partial charge < -0.3 is 58.1 Å². The van der Waals surface area contributed by atoms with E-state index in [0.717, 1.165) is 23.5 Å². The zero-order valence-corrected chi connectivity index (χ0v) is 22.7. The molecule has 0 aliphatic heterocycles. The van der Waals surface area contributed by atoms with Crippen LogP contribution in [0.5, 0.6) is 0 Å². The number of carbonyl (C=O) groups is 5. The van der Waals surface area contributed by atoms with E-state index in [1.165, 1.54) is 0 Å². The van der Waals surface area contributed by atoms with Crippen molar-refractivity contribution < 1.29 is 54.6 Å². The van der Waals surface area contributed by atoms with Crippen molar-refractivity contribution in [2.24, 2.45) is 11.5 Å². The van der Waals surface area contributed by atoms with E-state index in [0.29, 0.717) is 0 Å². The zero-order chi connectivity index (χ0) is 30.0. The maximum absolute atomic E-state index is 11.9. The van der Waals surface area contributed by atoms with Gasteiger partial charge in [0, 0.05) is 37.7 Å². The second-order valence-electron chi connectivity index (χ2n) is 8.12. The van der Waals surface area contributed by atoms with Crippen LogP contribution in [0, 0.1) is 0 Å². The van der Waals surface area contributed by atoms with Gasteiger partial charge in [-0.25, -0.2) is 0 Å². The van der Waals surface area contributed by atoms with Crippen LogP contribution in [0.2, 0.25) is 0 Å². The molecule has 17 nitrogen and oxygen atoms in total. The number of carbonyl (C=O) groups excluding carboxylic acids is 3. The van der Waals surface area contributed by atoms with Crippen molar-refractivity contribution in [1.29, 1.82) is 0 Å². The van der Waals surface area contributed by atoms with Gasteiger partial charge in [0.1, 0.15) is 30.5 Å². The predicted molar refractivity (Wildman–Crippen MR) is 142 cm³/mol. The first-order valence-corrected chi connectivity index (χ1v) is 13.9. The van der Waals surface area contributed by atoms with Crippen molar-refractivity contribution in [2.75, 3.05) is 49.2 Å². The molecule has 0 fully saturated rings. The number of amides is 3. The minimum Gasteiger partial charge on any atom is -0.480 e. The number of rotatable bonds is 22. The summed E-state index contributed by atoms with van der Waals surface area (Å²) < 4.78 is 0. The summed E-state index contributed by atoms with van der Waals surface area (Å²) in [6, 6.07) is -2.17. The summed E-state index contributed by atoms with van der Waals surface area (Å²) in [5.74, 6) is -3.81. The Morgan fingerprint density at radius 2 is 1.05 bits per heavy atom. The Bertz CT molecular complexity index is 797. The van der Waals surface area contributed by atoms with Crippen molar-refractivity contribution in [3.05, 3.63) is 0 Å². The van der Waals surface area contributed by atoms with Gasteiger partial charge >= 0.3 is 11.9 Å². The topological polar surface area (TPSA) is 307 Å². The number of hydrogen-bond donors (Lipinski definition) is 12. The molecule has 0 bridgehead atoms. The summed E-state index contributed by atoms with van der Waals surface area (Å²) in [5.41, 5.74) is 10.6. The molecule has 0 aromatic heterocycles. The van der Waals surface area contributed by atoms with Crippen molar-refractivity contribution in [3.63, 3.8) is 0 Å². The average molecular weight is 603 g/mol. The molecular formula is C20H38N6O11S2. The standard InChI is InChI=1S/C20H38N6O11S2/c21-10(19(34)35)6-38-8-14(29)24-2-1-23-13(28)5-12(27)16(31)17(32)18(33)26-4-3-25-15(30)9-39-7-11(22)20(36)37/h10-12,16-18,26-27,31-33H,1-9,21-22H2,(H,23,28)(H,24,29)(H,25,30)(H,34,35)(H,36,37)/t10?,11?,12-,16-,17+,18?/m1/s1. The Balaban J connectivity index is 4.08. The summed E-state index contributed by atoms with van der Waals surface area (Å²) in [6.07, 6.45) is -7.80. The van der Waals surface area contributed by atoms with Gasteiger partial charge in [0.25, 0.3) is 0 Å². The Kier molecular flexibility index (Phi) is 19.5. The first-order chi connectivity index (χ1) is 18.3. The van der Waals surface area contributed by atoms with Crippen LogP contribution in [0.25, 0.3) is 0 Å². The van der Waals surface area contributed by atoms with E-state index in [1.807, 2.05) is 0 Å². The number of aliphatic carboxylic acids is 2. The first-order valence-electron chi connectivity index (χ1n) is 11.6. The van der Waals surface area contributed by atoms with E-state index >= 15 is 0 Å². The molecule has 0 saturated carbocycles. The maximum atomic E-state index is 11.9. The number of thioether (sulfide) groups is 2. The molecule has 0 spiro atoms. The molecule has 3 unspecified atom stereocenters. The van der Waals surface area contributed by atoms with Crippen molar-refractivity contribution in [1.82, 2.24) is 21.3 Å². The number of aliphatic hydroxyl groups excluding tert-OH is 4. The number of nitrogens with two attached hydrogens (primary N) is 2. The quantitative estimate of drug-likeness (QED) is 0.0405. The third kappa shape index (κ3) is 17.9. The van der Waals surface area contributed by atoms with Crippen molar-refractivity contribution >= 4 is 53.2 Å². The fraction of sp³-hybridized carbons (Fsp3) is 0.750. The molecule has 14 N–H and O–H groups in total. The number of nitrogens with one attached hydrogen (secondary N) is 4. The normalized spacial score (nSPS) is 15.7. The van der Waals surface area contributed by atoms with E-state index in [-0.39, 0.29) is 49.2 Å². The smallest absolute Gasteiger partial charge is 0.321 e. The van der Waals surface area contributed by atoms with Crippen LogP contribution in [0.1, 0.15) is 6.42 Å². The minimum absolute atomic E-state index is 0.00395. The molecule has 226 valence electrons. The van der Waals surface area contributed by atoms with Crippen LogP contribution >= 0.6 is 23.5 Å². The summed E-state index contributed by atoms with van der Waals surface area (Å²) in [7, 11) is 0. The predicted octanol–water partition coefficient (Wildman–Crippen LogP) is -5.99. The molecule has 19 heteroatoms. The number of carboxylic acid groups (broad SMARTS) is 2. The molecule has 0 aromatic carbocycles. The van der Waals surface area contributed by atoms with Gasteiger partial charge in [-0.1, -0.05) is 0 Å². The molecule has 0 aliphatic carbocycles. The number of hydrogen-bond acceptors (Lipinski definition) is 14. The summed E-state index contributed by atoms with van der Waals surface area (Å²) in [6.45, 7) is 0.0462. The van der Waals surface area contributed by atoms with E-state index in [2.05, 4.69) is 21.3 Å².